The minimum Gasteiger partial charge on any atom is -0.295 e. The van der Waals surface area contributed by atoms with E-state index in [2.05, 4.69) is 16.4 Å². The van der Waals surface area contributed by atoms with Gasteiger partial charge in [-0.2, -0.15) is 5.26 Å². The molecule has 1 rings (SSSR count). The third-order valence-electron chi connectivity index (χ3n) is 2.24. The summed E-state index contributed by atoms with van der Waals surface area (Å²) in [5, 5.41) is 11.6. The minimum absolute atomic E-state index is 0.198. The molecule has 1 aromatic heterocycles. The molecule has 3 nitrogen and oxygen atoms in total. The van der Waals surface area contributed by atoms with E-state index in [4.69, 9.17) is 5.26 Å². The quantitative estimate of drug-likeness (QED) is 0.737. The standard InChI is InChI=1S/C11H15N3/c1-9-4-5-10(8-13-9)11(2,3)14-7-6-12/h4-5,8,14H,7H2,1-3H3. The molecule has 74 valence electrons. The Bertz CT molecular complexity index is 333. The van der Waals surface area contributed by atoms with Gasteiger partial charge in [0, 0.05) is 17.4 Å². The summed E-state index contributed by atoms with van der Waals surface area (Å²) in [6.45, 7) is 6.38. The number of nitriles is 1. The Balaban J connectivity index is 2.82. The molecule has 0 atom stereocenters. The van der Waals surface area contributed by atoms with Gasteiger partial charge in [-0.3, -0.25) is 10.3 Å². The van der Waals surface area contributed by atoms with Crippen LogP contribution in [0.25, 0.3) is 0 Å². The zero-order valence-electron chi connectivity index (χ0n) is 8.83. The van der Waals surface area contributed by atoms with Crippen LogP contribution in [-0.2, 0) is 5.54 Å². The van der Waals surface area contributed by atoms with Gasteiger partial charge < -0.3 is 0 Å². The fourth-order valence-corrected chi connectivity index (χ4v) is 1.20. The van der Waals surface area contributed by atoms with Crippen molar-refractivity contribution in [2.75, 3.05) is 6.54 Å². The zero-order valence-corrected chi connectivity index (χ0v) is 8.83. The first kappa shape index (κ1) is 10.7. The Morgan fingerprint density at radius 3 is 2.71 bits per heavy atom. The van der Waals surface area contributed by atoms with Gasteiger partial charge in [-0.1, -0.05) is 6.07 Å². The fourth-order valence-electron chi connectivity index (χ4n) is 1.20. The number of hydrogen-bond acceptors (Lipinski definition) is 3. The van der Waals surface area contributed by atoms with Crippen LogP contribution in [0.3, 0.4) is 0 Å². The van der Waals surface area contributed by atoms with E-state index < -0.39 is 0 Å². The molecule has 0 aliphatic carbocycles. The maximum atomic E-state index is 8.49. The summed E-state index contributed by atoms with van der Waals surface area (Å²) in [5.41, 5.74) is 1.90. The maximum absolute atomic E-state index is 8.49. The van der Waals surface area contributed by atoms with Crippen molar-refractivity contribution >= 4 is 0 Å². The summed E-state index contributed by atoms with van der Waals surface area (Å²) < 4.78 is 0. The zero-order chi connectivity index (χ0) is 10.6. The van der Waals surface area contributed by atoms with Gasteiger partial charge in [0.15, 0.2) is 0 Å². The summed E-state index contributed by atoms with van der Waals surface area (Å²) in [7, 11) is 0. The number of nitrogens with one attached hydrogen (secondary N) is 1. The number of aromatic nitrogens is 1. The molecule has 0 bridgehead atoms. The SMILES string of the molecule is Cc1ccc(C(C)(C)NCC#N)cn1. The smallest absolute Gasteiger partial charge is 0.0847 e. The second-order valence-corrected chi connectivity index (χ2v) is 3.82. The van der Waals surface area contributed by atoms with Crippen molar-refractivity contribution in [2.45, 2.75) is 26.3 Å². The van der Waals surface area contributed by atoms with Crippen molar-refractivity contribution in [2.24, 2.45) is 0 Å². The van der Waals surface area contributed by atoms with Gasteiger partial charge in [0.25, 0.3) is 0 Å². The first-order chi connectivity index (χ1) is 6.56. The van der Waals surface area contributed by atoms with Crippen molar-refractivity contribution in [3.8, 4) is 6.07 Å². The Morgan fingerprint density at radius 1 is 1.50 bits per heavy atom. The van der Waals surface area contributed by atoms with E-state index in [-0.39, 0.29) is 5.54 Å². The molecule has 1 N–H and O–H groups in total. The lowest BCUT2D eigenvalue weighted by atomic mass is 9.96. The predicted octanol–water partition coefficient (Wildman–Crippen LogP) is 1.74. The van der Waals surface area contributed by atoms with E-state index in [1.165, 1.54) is 0 Å². The van der Waals surface area contributed by atoms with Crippen LogP contribution < -0.4 is 5.32 Å². The van der Waals surface area contributed by atoms with Crippen molar-refractivity contribution in [1.82, 2.24) is 10.3 Å². The van der Waals surface area contributed by atoms with Gasteiger partial charge in [-0.05, 0) is 32.4 Å². The Kier molecular flexibility index (Phi) is 3.21. The molecule has 3 heteroatoms. The van der Waals surface area contributed by atoms with E-state index in [1.807, 2.05) is 39.1 Å². The van der Waals surface area contributed by atoms with Crippen LogP contribution in [0.5, 0.6) is 0 Å². The highest BCUT2D eigenvalue weighted by Gasteiger charge is 2.19. The highest BCUT2D eigenvalue weighted by atomic mass is 15.0. The summed E-state index contributed by atoms with van der Waals surface area (Å²) >= 11 is 0. The van der Waals surface area contributed by atoms with Gasteiger partial charge in [0.05, 0.1) is 12.6 Å². The summed E-state index contributed by atoms with van der Waals surface area (Å²) in [6.07, 6.45) is 1.85. The lowest BCUT2D eigenvalue weighted by Crippen LogP contribution is -2.36. The van der Waals surface area contributed by atoms with Crippen LogP contribution >= 0.6 is 0 Å². The van der Waals surface area contributed by atoms with E-state index in [0.29, 0.717) is 6.54 Å². The Hall–Kier alpha value is -1.40. The second-order valence-electron chi connectivity index (χ2n) is 3.82. The minimum atomic E-state index is -0.198. The third-order valence-corrected chi connectivity index (χ3v) is 2.24. The van der Waals surface area contributed by atoms with Gasteiger partial charge in [-0.15, -0.1) is 0 Å². The molecule has 14 heavy (non-hydrogen) atoms. The largest absolute Gasteiger partial charge is 0.295 e. The molecule has 0 unspecified atom stereocenters. The van der Waals surface area contributed by atoms with Crippen LogP contribution in [0.15, 0.2) is 18.3 Å². The molecule has 0 aromatic carbocycles. The van der Waals surface area contributed by atoms with Crippen LogP contribution in [0.1, 0.15) is 25.1 Å². The molecular weight excluding hydrogens is 174 g/mol. The Labute approximate surface area is 84.8 Å². The molecule has 0 saturated heterocycles. The van der Waals surface area contributed by atoms with Gasteiger partial charge in [0.1, 0.15) is 0 Å². The van der Waals surface area contributed by atoms with Crippen molar-refractivity contribution in [1.29, 1.82) is 5.26 Å². The summed E-state index contributed by atoms with van der Waals surface area (Å²) in [6, 6.07) is 6.09. The Morgan fingerprint density at radius 2 is 2.21 bits per heavy atom. The number of nitrogens with zero attached hydrogens (tertiary/aromatic N) is 2. The number of aryl methyl sites for hydroxylation is 1. The van der Waals surface area contributed by atoms with E-state index in [9.17, 15) is 0 Å². The van der Waals surface area contributed by atoms with Crippen LogP contribution in [0.4, 0.5) is 0 Å². The highest BCUT2D eigenvalue weighted by molar-refractivity contribution is 5.21. The fraction of sp³-hybridized carbons (Fsp3) is 0.455. The number of pyridine rings is 1. The lowest BCUT2D eigenvalue weighted by molar-refractivity contribution is 0.426. The molecule has 0 radical (unpaired) electrons. The van der Waals surface area contributed by atoms with E-state index in [1.54, 1.807) is 0 Å². The van der Waals surface area contributed by atoms with Crippen LogP contribution in [-0.4, -0.2) is 11.5 Å². The van der Waals surface area contributed by atoms with Crippen molar-refractivity contribution < 1.29 is 0 Å². The van der Waals surface area contributed by atoms with E-state index in [0.717, 1.165) is 11.3 Å². The third kappa shape index (κ3) is 2.54. The molecule has 0 aliphatic heterocycles. The topological polar surface area (TPSA) is 48.7 Å². The average Bonchev–Trinajstić information content (AvgIpc) is 2.16. The molecule has 0 aliphatic rings. The van der Waals surface area contributed by atoms with Gasteiger partial charge >= 0.3 is 0 Å². The first-order valence-electron chi connectivity index (χ1n) is 4.61. The number of rotatable bonds is 3. The lowest BCUT2D eigenvalue weighted by Gasteiger charge is -2.25. The molecular formula is C11H15N3. The summed E-state index contributed by atoms with van der Waals surface area (Å²) in [5.74, 6) is 0. The molecule has 0 spiro atoms. The number of hydrogen-bond donors (Lipinski definition) is 1. The molecule has 0 amide bonds. The van der Waals surface area contributed by atoms with Crippen molar-refractivity contribution in [3.63, 3.8) is 0 Å². The van der Waals surface area contributed by atoms with Crippen LogP contribution in [0.2, 0.25) is 0 Å². The summed E-state index contributed by atoms with van der Waals surface area (Å²) in [4.78, 5) is 4.23. The predicted molar refractivity (Wildman–Crippen MR) is 55.6 cm³/mol. The van der Waals surface area contributed by atoms with Crippen LogP contribution in [0, 0.1) is 18.3 Å². The second kappa shape index (κ2) is 4.21. The normalized spacial score (nSPS) is 11.0. The van der Waals surface area contributed by atoms with E-state index >= 15 is 0 Å². The molecule has 0 fully saturated rings. The van der Waals surface area contributed by atoms with Crippen molar-refractivity contribution in [3.05, 3.63) is 29.6 Å². The van der Waals surface area contributed by atoms with Gasteiger partial charge in [-0.25, -0.2) is 0 Å². The monoisotopic (exact) mass is 189 g/mol. The molecule has 0 saturated carbocycles. The van der Waals surface area contributed by atoms with Gasteiger partial charge in [0.2, 0.25) is 0 Å². The highest BCUT2D eigenvalue weighted by Crippen LogP contribution is 2.18. The first-order valence-corrected chi connectivity index (χ1v) is 4.61. The molecule has 1 aromatic rings. The molecule has 1 heterocycles. The maximum Gasteiger partial charge on any atom is 0.0847 e. The average molecular weight is 189 g/mol.